The van der Waals surface area contributed by atoms with Crippen molar-refractivity contribution in [2.24, 2.45) is 5.92 Å². The quantitative estimate of drug-likeness (QED) is 0.847. The first-order chi connectivity index (χ1) is 11.0. The smallest absolute Gasteiger partial charge is 0.317 e. The minimum absolute atomic E-state index is 0.0851. The molecule has 0 aliphatic heterocycles. The third-order valence-corrected chi connectivity index (χ3v) is 4.78. The fourth-order valence-electron chi connectivity index (χ4n) is 3.17. The van der Waals surface area contributed by atoms with Gasteiger partial charge in [-0.25, -0.2) is 4.79 Å². The molecule has 5 nitrogen and oxygen atoms in total. The zero-order valence-corrected chi connectivity index (χ0v) is 14.5. The van der Waals surface area contributed by atoms with Crippen LogP contribution < -0.4 is 10.2 Å². The summed E-state index contributed by atoms with van der Waals surface area (Å²) < 4.78 is 0. The van der Waals surface area contributed by atoms with E-state index in [1.54, 1.807) is 11.9 Å². The van der Waals surface area contributed by atoms with Crippen molar-refractivity contribution in [1.29, 1.82) is 0 Å². The van der Waals surface area contributed by atoms with E-state index in [-0.39, 0.29) is 18.1 Å². The topological polar surface area (TPSA) is 55.8 Å². The van der Waals surface area contributed by atoms with Gasteiger partial charge in [-0.05, 0) is 31.4 Å². The molecule has 1 aromatic rings. The minimum atomic E-state index is -0.260. The van der Waals surface area contributed by atoms with Crippen LogP contribution >= 0.6 is 0 Å². The average Bonchev–Trinajstić information content (AvgIpc) is 2.97. The molecule has 0 radical (unpaired) electrons. The molecule has 1 aromatic carbocycles. The second-order valence-electron chi connectivity index (χ2n) is 6.44. The van der Waals surface area contributed by atoms with Gasteiger partial charge in [0.15, 0.2) is 0 Å². The maximum absolute atomic E-state index is 12.3. The Hall–Kier alpha value is -1.75. The van der Waals surface area contributed by atoms with Crippen LogP contribution in [-0.4, -0.2) is 49.3 Å². The number of nitrogens with zero attached hydrogens (tertiary/aromatic N) is 2. The fourth-order valence-corrected chi connectivity index (χ4v) is 3.17. The Morgan fingerprint density at radius 1 is 1.30 bits per heavy atom. The molecule has 5 heteroatoms. The first-order valence-corrected chi connectivity index (χ1v) is 8.49. The Morgan fingerprint density at radius 3 is 2.70 bits per heavy atom. The van der Waals surface area contributed by atoms with Gasteiger partial charge in [-0.1, -0.05) is 24.6 Å². The van der Waals surface area contributed by atoms with Gasteiger partial charge in [-0.15, -0.1) is 0 Å². The summed E-state index contributed by atoms with van der Waals surface area (Å²) in [5.41, 5.74) is 2.25. The highest BCUT2D eigenvalue weighted by Gasteiger charge is 2.27. The molecule has 0 spiro atoms. The molecule has 1 aliphatic carbocycles. The summed E-state index contributed by atoms with van der Waals surface area (Å²) in [4.78, 5) is 16.1. The largest absolute Gasteiger partial charge is 0.393 e. The Morgan fingerprint density at radius 2 is 2.04 bits per heavy atom. The van der Waals surface area contributed by atoms with Crippen molar-refractivity contribution in [3.8, 4) is 0 Å². The van der Waals surface area contributed by atoms with Gasteiger partial charge in [0.25, 0.3) is 0 Å². The van der Waals surface area contributed by atoms with E-state index < -0.39 is 0 Å². The van der Waals surface area contributed by atoms with Gasteiger partial charge >= 0.3 is 6.03 Å². The number of amides is 2. The lowest BCUT2D eigenvalue weighted by Gasteiger charge is -2.25. The molecule has 23 heavy (non-hydrogen) atoms. The highest BCUT2D eigenvalue weighted by Crippen LogP contribution is 2.26. The average molecular weight is 319 g/mol. The number of rotatable bonds is 6. The van der Waals surface area contributed by atoms with Crippen LogP contribution in [0.4, 0.5) is 10.5 Å². The third kappa shape index (κ3) is 4.61. The third-order valence-electron chi connectivity index (χ3n) is 4.78. The van der Waals surface area contributed by atoms with Gasteiger partial charge in [0.2, 0.25) is 0 Å². The Bertz CT molecular complexity index is 521. The zero-order valence-electron chi connectivity index (χ0n) is 14.5. The summed E-state index contributed by atoms with van der Waals surface area (Å²) >= 11 is 0. The maximum atomic E-state index is 12.3. The van der Waals surface area contributed by atoms with Crippen LogP contribution in [0.2, 0.25) is 0 Å². The molecule has 128 valence electrons. The monoisotopic (exact) mass is 319 g/mol. The normalized spacial score (nSPS) is 20.3. The number of carbonyl (C=O) groups is 1. The lowest BCUT2D eigenvalue weighted by molar-refractivity contribution is 0.114. The molecule has 1 aliphatic rings. The first-order valence-electron chi connectivity index (χ1n) is 8.49. The number of aliphatic hydroxyl groups excluding tert-OH is 1. The van der Waals surface area contributed by atoms with Crippen LogP contribution in [0.25, 0.3) is 0 Å². The number of hydrogen-bond donors (Lipinski definition) is 2. The van der Waals surface area contributed by atoms with Crippen molar-refractivity contribution in [2.75, 3.05) is 32.1 Å². The number of nitrogens with one attached hydrogen (secondary N) is 1. The summed E-state index contributed by atoms with van der Waals surface area (Å²) in [6.07, 6.45) is 2.65. The molecule has 0 bridgehead atoms. The second-order valence-corrected chi connectivity index (χ2v) is 6.44. The van der Waals surface area contributed by atoms with Gasteiger partial charge in [0.1, 0.15) is 0 Å². The first kappa shape index (κ1) is 17.6. The van der Waals surface area contributed by atoms with Crippen molar-refractivity contribution in [3.05, 3.63) is 29.8 Å². The van der Waals surface area contributed by atoms with Gasteiger partial charge < -0.3 is 20.2 Å². The number of para-hydroxylation sites is 1. The van der Waals surface area contributed by atoms with E-state index in [1.165, 1.54) is 0 Å². The predicted octanol–water partition coefficient (Wildman–Crippen LogP) is 2.45. The van der Waals surface area contributed by atoms with Crippen molar-refractivity contribution in [3.63, 3.8) is 0 Å². The summed E-state index contributed by atoms with van der Waals surface area (Å²) in [6, 6.07) is 8.04. The van der Waals surface area contributed by atoms with E-state index in [1.807, 2.05) is 25.2 Å². The van der Waals surface area contributed by atoms with Crippen LogP contribution in [0.1, 0.15) is 31.7 Å². The van der Waals surface area contributed by atoms with Gasteiger partial charge in [-0.3, -0.25) is 0 Å². The Kier molecular flexibility index (Phi) is 6.28. The zero-order chi connectivity index (χ0) is 16.8. The molecular weight excluding hydrogens is 290 g/mol. The van der Waals surface area contributed by atoms with Crippen molar-refractivity contribution in [2.45, 2.75) is 38.8 Å². The summed E-state index contributed by atoms with van der Waals surface area (Å²) in [5.74, 6) is 0.212. The number of aliphatic hydroxyl groups is 1. The molecule has 2 atom stereocenters. The van der Waals surface area contributed by atoms with E-state index in [0.29, 0.717) is 13.1 Å². The lowest BCUT2D eigenvalue weighted by atomic mass is 10.1. The van der Waals surface area contributed by atoms with E-state index in [0.717, 1.165) is 37.1 Å². The highest BCUT2D eigenvalue weighted by atomic mass is 16.3. The molecule has 2 N–H and O–H groups in total. The fraction of sp³-hybridized carbons (Fsp3) is 0.611. The molecule has 0 heterocycles. The van der Waals surface area contributed by atoms with Gasteiger partial charge in [0, 0.05) is 45.3 Å². The van der Waals surface area contributed by atoms with Crippen LogP contribution in [0, 0.1) is 5.92 Å². The number of urea groups is 1. The van der Waals surface area contributed by atoms with Crippen molar-refractivity contribution >= 4 is 11.7 Å². The molecule has 1 fully saturated rings. The molecule has 0 unspecified atom stereocenters. The van der Waals surface area contributed by atoms with Crippen molar-refractivity contribution < 1.29 is 9.90 Å². The van der Waals surface area contributed by atoms with E-state index in [9.17, 15) is 9.90 Å². The van der Waals surface area contributed by atoms with Crippen LogP contribution in [-0.2, 0) is 6.54 Å². The standard InChI is InChI=1S/C18H29N3O2/c1-4-20(2)16-10-6-5-8-14(16)12-19-18(23)21(3)13-15-9-7-11-17(15)22/h5-6,8,10,15,17,22H,4,7,9,11-13H2,1-3H3,(H,19,23)/t15-,17+/m1/s1. The Labute approximate surface area is 139 Å². The number of hydrogen-bond acceptors (Lipinski definition) is 3. The summed E-state index contributed by atoms with van der Waals surface area (Å²) in [7, 11) is 3.85. The number of benzene rings is 1. The molecule has 2 amide bonds. The van der Waals surface area contributed by atoms with Crippen LogP contribution in [0.3, 0.4) is 0 Å². The predicted molar refractivity (Wildman–Crippen MR) is 93.6 cm³/mol. The molecule has 0 aromatic heterocycles. The summed E-state index contributed by atoms with van der Waals surface area (Å²) in [5, 5.41) is 12.9. The van der Waals surface area contributed by atoms with Gasteiger partial charge in [0.05, 0.1) is 6.10 Å². The van der Waals surface area contributed by atoms with Crippen LogP contribution in [0.5, 0.6) is 0 Å². The maximum Gasteiger partial charge on any atom is 0.317 e. The SMILES string of the molecule is CCN(C)c1ccccc1CNC(=O)N(C)C[C@H]1CCC[C@@H]1O. The molecule has 0 saturated heterocycles. The highest BCUT2D eigenvalue weighted by molar-refractivity contribution is 5.74. The second kappa shape index (κ2) is 8.20. The van der Waals surface area contributed by atoms with Crippen molar-refractivity contribution in [1.82, 2.24) is 10.2 Å². The van der Waals surface area contributed by atoms with Crippen LogP contribution in [0.15, 0.2) is 24.3 Å². The van der Waals surface area contributed by atoms with E-state index in [4.69, 9.17) is 0 Å². The molecular formula is C18H29N3O2. The van der Waals surface area contributed by atoms with E-state index in [2.05, 4.69) is 23.2 Å². The minimum Gasteiger partial charge on any atom is -0.393 e. The number of anilines is 1. The summed E-state index contributed by atoms with van der Waals surface area (Å²) in [6.45, 7) is 4.15. The molecule has 2 rings (SSSR count). The van der Waals surface area contributed by atoms with Gasteiger partial charge in [-0.2, -0.15) is 0 Å². The number of carbonyl (C=O) groups excluding carboxylic acids is 1. The van der Waals surface area contributed by atoms with E-state index >= 15 is 0 Å². The Balaban J connectivity index is 1.89. The molecule has 1 saturated carbocycles. The lowest BCUT2D eigenvalue weighted by Crippen LogP contribution is -2.41.